The number of aromatic amines is 1. The number of aromatic nitrogens is 1. The molecule has 2 heterocycles. The molecule has 0 bridgehead atoms. The van der Waals surface area contributed by atoms with E-state index in [1.807, 2.05) is 24.3 Å². The maximum atomic E-state index is 12.8. The van der Waals surface area contributed by atoms with Gasteiger partial charge in [-0.3, -0.25) is 0 Å². The molecule has 0 radical (unpaired) electrons. The van der Waals surface area contributed by atoms with Crippen LogP contribution in [0.15, 0.2) is 53.4 Å². The van der Waals surface area contributed by atoms with Crippen molar-refractivity contribution in [1.82, 2.24) is 9.29 Å². The summed E-state index contributed by atoms with van der Waals surface area (Å²) in [6.45, 7) is 0.845. The van der Waals surface area contributed by atoms with E-state index >= 15 is 0 Å². The fourth-order valence-corrected chi connectivity index (χ4v) is 4.70. The SMILES string of the molecule is COc1ccc2[nH]c3c(c2c1)CCN(S(=O)(=O)c1ccccc1)C3. The molecule has 124 valence electrons. The molecule has 1 aromatic heterocycles. The lowest BCUT2D eigenvalue weighted by molar-refractivity contribution is 0.388. The molecular weight excluding hydrogens is 324 g/mol. The smallest absolute Gasteiger partial charge is 0.243 e. The van der Waals surface area contributed by atoms with Crippen molar-refractivity contribution in [2.45, 2.75) is 17.9 Å². The Bertz CT molecular complexity index is 994. The van der Waals surface area contributed by atoms with Crippen molar-refractivity contribution in [3.8, 4) is 5.75 Å². The van der Waals surface area contributed by atoms with Crippen LogP contribution in [0.5, 0.6) is 5.75 Å². The molecule has 1 N–H and O–H groups in total. The van der Waals surface area contributed by atoms with E-state index in [1.54, 1.807) is 31.4 Å². The van der Waals surface area contributed by atoms with Crippen molar-refractivity contribution in [3.05, 3.63) is 59.8 Å². The fourth-order valence-electron chi connectivity index (χ4n) is 3.27. The Hall–Kier alpha value is -2.31. The van der Waals surface area contributed by atoms with Gasteiger partial charge in [0.1, 0.15) is 5.75 Å². The lowest BCUT2D eigenvalue weighted by atomic mass is 10.0. The number of hydrogen-bond donors (Lipinski definition) is 1. The van der Waals surface area contributed by atoms with E-state index < -0.39 is 10.0 Å². The zero-order chi connectivity index (χ0) is 16.7. The molecule has 0 unspecified atom stereocenters. The Kier molecular flexibility index (Phi) is 3.58. The number of hydrogen-bond acceptors (Lipinski definition) is 3. The van der Waals surface area contributed by atoms with Gasteiger partial charge in [0, 0.05) is 23.1 Å². The van der Waals surface area contributed by atoms with Crippen LogP contribution in [0.2, 0.25) is 0 Å². The van der Waals surface area contributed by atoms with Crippen molar-refractivity contribution in [2.75, 3.05) is 13.7 Å². The highest BCUT2D eigenvalue weighted by Gasteiger charge is 2.30. The molecule has 0 amide bonds. The third kappa shape index (κ3) is 2.39. The van der Waals surface area contributed by atoms with Gasteiger partial charge < -0.3 is 9.72 Å². The first kappa shape index (κ1) is 15.2. The van der Waals surface area contributed by atoms with E-state index in [4.69, 9.17) is 4.74 Å². The van der Waals surface area contributed by atoms with Crippen molar-refractivity contribution < 1.29 is 13.2 Å². The van der Waals surface area contributed by atoms with Gasteiger partial charge in [0.05, 0.1) is 18.6 Å². The third-order valence-corrected chi connectivity index (χ3v) is 6.39. The number of benzene rings is 2. The number of nitrogens with one attached hydrogen (secondary N) is 1. The summed E-state index contributed by atoms with van der Waals surface area (Å²) in [5.41, 5.74) is 3.16. The van der Waals surface area contributed by atoms with Gasteiger partial charge >= 0.3 is 0 Å². The average Bonchev–Trinajstić information content (AvgIpc) is 2.99. The number of H-pyrrole nitrogens is 1. The number of nitrogens with zero attached hydrogens (tertiary/aromatic N) is 1. The first-order valence-corrected chi connectivity index (χ1v) is 9.26. The van der Waals surface area contributed by atoms with Gasteiger partial charge in [0.2, 0.25) is 10.0 Å². The number of sulfonamides is 1. The summed E-state index contributed by atoms with van der Waals surface area (Å²) in [7, 11) is -1.82. The highest BCUT2D eigenvalue weighted by Crippen LogP contribution is 2.32. The Labute approximate surface area is 140 Å². The van der Waals surface area contributed by atoms with Gasteiger partial charge in [-0.25, -0.2) is 8.42 Å². The second kappa shape index (κ2) is 5.65. The topological polar surface area (TPSA) is 62.4 Å². The van der Waals surface area contributed by atoms with E-state index in [0.29, 0.717) is 24.4 Å². The van der Waals surface area contributed by atoms with Crippen LogP contribution in [-0.4, -0.2) is 31.4 Å². The van der Waals surface area contributed by atoms with Crippen LogP contribution in [0, 0.1) is 0 Å². The van der Waals surface area contributed by atoms with Crippen molar-refractivity contribution >= 4 is 20.9 Å². The number of methoxy groups -OCH3 is 1. The average molecular weight is 342 g/mol. The molecule has 0 saturated heterocycles. The first-order chi connectivity index (χ1) is 11.6. The molecule has 0 saturated carbocycles. The normalized spacial score (nSPS) is 15.4. The maximum absolute atomic E-state index is 12.8. The molecule has 0 fully saturated rings. The van der Waals surface area contributed by atoms with Crippen molar-refractivity contribution in [1.29, 1.82) is 0 Å². The summed E-state index contributed by atoms with van der Waals surface area (Å²) in [6, 6.07) is 14.5. The monoisotopic (exact) mass is 342 g/mol. The molecule has 0 spiro atoms. The molecule has 24 heavy (non-hydrogen) atoms. The van der Waals surface area contributed by atoms with Crippen LogP contribution in [-0.2, 0) is 23.0 Å². The summed E-state index contributed by atoms with van der Waals surface area (Å²) < 4.78 is 32.4. The highest BCUT2D eigenvalue weighted by atomic mass is 32.2. The van der Waals surface area contributed by atoms with Crippen LogP contribution in [0.25, 0.3) is 10.9 Å². The lowest BCUT2D eigenvalue weighted by Crippen LogP contribution is -2.35. The Balaban J connectivity index is 1.72. The molecule has 0 aliphatic carbocycles. The van der Waals surface area contributed by atoms with Gasteiger partial charge in [-0.15, -0.1) is 0 Å². The minimum Gasteiger partial charge on any atom is -0.497 e. The maximum Gasteiger partial charge on any atom is 0.243 e. The van der Waals surface area contributed by atoms with Crippen molar-refractivity contribution in [3.63, 3.8) is 0 Å². The minimum absolute atomic E-state index is 0.339. The Morgan fingerprint density at radius 1 is 1.12 bits per heavy atom. The molecule has 3 aromatic rings. The largest absolute Gasteiger partial charge is 0.497 e. The fraction of sp³-hybridized carbons (Fsp3) is 0.222. The van der Waals surface area contributed by atoms with Gasteiger partial charge in [0.25, 0.3) is 0 Å². The lowest BCUT2D eigenvalue weighted by Gasteiger charge is -2.26. The Morgan fingerprint density at radius 3 is 2.67 bits per heavy atom. The molecule has 0 atom stereocenters. The highest BCUT2D eigenvalue weighted by molar-refractivity contribution is 7.89. The molecule has 1 aliphatic heterocycles. The standard InChI is InChI=1S/C18H18N2O3S/c1-23-13-7-8-17-16(11-13)15-9-10-20(12-18(15)19-17)24(21,22)14-5-3-2-4-6-14/h2-8,11,19H,9-10,12H2,1H3. The van der Waals surface area contributed by atoms with Crippen LogP contribution in [0.3, 0.4) is 0 Å². The second-order valence-corrected chi connectivity index (χ2v) is 7.83. The van der Waals surface area contributed by atoms with Gasteiger partial charge in [-0.2, -0.15) is 4.31 Å². The zero-order valence-electron chi connectivity index (χ0n) is 13.3. The molecule has 5 nitrogen and oxygen atoms in total. The minimum atomic E-state index is -3.47. The second-order valence-electron chi connectivity index (χ2n) is 5.90. The van der Waals surface area contributed by atoms with E-state index in [1.165, 1.54) is 9.87 Å². The van der Waals surface area contributed by atoms with Crippen LogP contribution in [0.4, 0.5) is 0 Å². The Morgan fingerprint density at radius 2 is 1.92 bits per heavy atom. The van der Waals surface area contributed by atoms with Gasteiger partial charge in [-0.05, 0) is 42.3 Å². The molecule has 6 heteroatoms. The summed E-state index contributed by atoms with van der Waals surface area (Å²) >= 11 is 0. The van der Waals surface area contributed by atoms with E-state index in [9.17, 15) is 8.42 Å². The zero-order valence-corrected chi connectivity index (χ0v) is 14.1. The number of rotatable bonds is 3. The van der Waals surface area contributed by atoms with Crippen LogP contribution in [0.1, 0.15) is 11.3 Å². The molecular formula is C18H18N2O3S. The number of fused-ring (bicyclic) bond motifs is 3. The van der Waals surface area contributed by atoms with Crippen LogP contribution < -0.4 is 4.74 Å². The predicted molar refractivity (Wildman–Crippen MR) is 92.6 cm³/mol. The molecule has 2 aromatic carbocycles. The third-order valence-electron chi connectivity index (χ3n) is 4.53. The van der Waals surface area contributed by atoms with E-state index in [0.717, 1.165) is 22.3 Å². The summed E-state index contributed by atoms with van der Waals surface area (Å²) in [5, 5.41) is 1.11. The molecule has 1 aliphatic rings. The van der Waals surface area contributed by atoms with Gasteiger partial charge in [-0.1, -0.05) is 18.2 Å². The quantitative estimate of drug-likeness (QED) is 0.796. The number of ether oxygens (including phenoxy) is 1. The summed E-state index contributed by atoms with van der Waals surface area (Å²) in [5.74, 6) is 0.809. The van der Waals surface area contributed by atoms with Gasteiger partial charge in [0.15, 0.2) is 0 Å². The first-order valence-electron chi connectivity index (χ1n) is 7.82. The van der Waals surface area contributed by atoms with Crippen molar-refractivity contribution in [2.24, 2.45) is 0 Å². The molecule has 4 rings (SSSR count). The summed E-state index contributed by atoms with van der Waals surface area (Å²) in [6.07, 6.45) is 0.689. The van der Waals surface area contributed by atoms with E-state index in [2.05, 4.69) is 4.98 Å². The predicted octanol–water partition coefficient (Wildman–Crippen LogP) is 2.92. The summed E-state index contributed by atoms with van der Waals surface area (Å²) in [4.78, 5) is 3.70. The van der Waals surface area contributed by atoms with Crippen LogP contribution >= 0.6 is 0 Å². The van der Waals surface area contributed by atoms with E-state index in [-0.39, 0.29) is 0 Å².